The molecule has 0 atom stereocenters. The molecule has 2 saturated heterocycles. The maximum absolute atomic E-state index is 13.7. The van der Waals surface area contributed by atoms with E-state index in [-0.39, 0.29) is 11.9 Å². The van der Waals surface area contributed by atoms with Crippen LogP contribution in [0.1, 0.15) is 40.7 Å². The molecule has 41 heavy (non-hydrogen) atoms. The molecule has 3 heterocycles. The molecule has 9 heteroatoms. The van der Waals surface area contributed by atoms with Gasteiger partial charge in [0.25, 0.3) is 5.91 Å². The van der Waals surface area contributed by atoms with Crippen molar-refractivity contribution < 1.29 is 19.1 Å². The first-order valence-electron chi connectivity index (χ1n) is 14.1. The number of carbonyl (C=O) groups excluding carboxylic acids is 2. The van der Waals surface area contributed by atoms with Gasteiger partial charge in [-0.2, -0.15) is 0 Å². The molecule has 214 valence electrons. The summed E-state index contributed by atoms with van der Waals surface area (Å²) in [7, 11) is 0. The number of hydrogen-bond donors (Lipinski definition) is 0. The van der Waals surface area contributed by atoms with Crippen molar-refractivity contribution >= 4 is 40.6 Å². The SMILES string of the molecule is CCOC(=O)c1cccc(-n2c(C)cc(/C=C3\SC(=Nc4ccccc4)N(CCCN4CCOCC4)C3=O)c2C)c1. The van der Waals surface area contributed by atoms with Gasteiger partial charge in [0.05, 0.1) is 36.0 Å². The second-order valence-corrected chi connectivity index (χ2v) is 11.0. The number of rotatable bonds is 9. The molecule has 8 nitrogen and oxygen atoms in total. The lowest BCUT2D eigenvalue weighted by molar-refractivity contribution is -0.122. The first-order chi connectivity index (χ1) is 19.9. The quantitative estimate of drug-likeness (QED) is 0.246. The number of aliphatic imine (C=N–C) groups is 1. The number of benzene rings is 2. The summed E-state index contributed by atoms with van der Waals surface area (Å²) in [6.07, 6.45) is 2.82. The Kier molecular flexibility index (Phi) is 9.38. The van der Waals surface area contributed by atoms with E-state index in [0.29, 0.717) is 28.8 Å². The predicted molar refractivity (Wildman–Crippen MR) is 164 cm³/mol. The van der Waals surface area contributed by atoms with Gasteiger partial charge in [-0.3, -0.25) is 14.6 Å². The second-order valence-electron chi connectivity index (χ2n) is 10.0. The minimum Gasteiger partial charge on any atom is -0.462 e. The Labute approximate surface area is 245 Å². The van der Waals surface area contributed by atoms with Crippen molar-refractivity contribution in [3.05, 3.63) is 88.1 Å². The number of nitrogens with zero attached hydrogens (tertiary/aromatic N) is 4. The molecular formula is C32H36N4O4S. The normalized spacial score (nSPS) is 18.0. The van der Waals surface area contributed by atoms with Gasteiger partial charge in [-0.05, 0) is 87.0 Å². The van der Waals surface area contributed by atoms with Crippen molar-refractivity contribution in [3.8, 4) is 5.69 Å². The molecule has 0 aliphatic carbocycles. The summed E-state index contributed by atoms with van der Waals surface area (Å²) in [5.74, 6) is -0.369. The van der Waals surface area contributed by atoms with Crippen LogP contribution in [-0.4, -0.2) is 77.4 Å². The third kappa shape index (κ3) is 6.81. The Bertz CT molecular complexity index is 1460. The number of amides is 1. The number of morpholine rings is 1. The average molecular weight is 573 g/mol. The molecule has 0 radical (unpaired) electrons. The van der Waals surface area contributed by atoms with Gasteiger partial charge in [-0.25, -0.2) is 9.79 Å². The van der Waals surface area contributed by atoms with Crippen molar-refractivity contribution in [2.75, 3.05) is 46.0 Å². The Balaban J connectivity index is 1.41. The molecule has 0 unspecified atom stereocenters. The van der Waals surface area contributed by atoms with Gasteiger partial charge < -0.3 is 14.0 Å². The van der Waals surface area contributed by atoms with Crippen LogP contribution < -0.4 is 0 Å². The van der Waals surface area contributed by atoms with Crippen molar-refractivity contribution in [3.63, 3.8) is 0 Å². The highest BCUT2D eigenvalue weighted by Gasteiger charge is 2.33. The number of aryl methyl sites for hydroxylation is 1. The molecule has 0 spiro atoms. The van der Waals surface area contributed by atoms with Crippen molar-refractivity contribution in [2.24, 2.45) is 4.99 Å². The molecule has 0 saturated carbocycles. The second kappa shape index (κ2) is 13.3. The Morgan fingerprint density at radius 2 is 1.83 bits per heavy atom. The molecule has 5 rings (SSSR count). The van der Waals surface area contributed by atoms with Crippen molar-refractivity contribution in [1.29, 1.82) is 0 Å². The Morgan fingerprint density at radius 1 is 1.05 bits per heavy atom. The number of esters is 1. The fraction of sp³-hybridized carbons (Fsp3) is 0.344. The molecular weight excluding hydrogens is 536 g/mol. The van der Waals surface area contributed by atoms with Crippen LogP contribution >= 0.6 is 11.8 Å². The third-order valence-corrected chi connectivity index (χ3v) is 8.21. The average Bonchev–Trinajstić information content (AvgIpc) is 3.43. The maximum atomic E-state index is 13.7. The van der Waals surface area contributed by atoms with Gasteiger partial charge >= 0.3 is 5.97 Å². The van der Waals surface area contributed by atoms with Crippen LogP contribution in [0.2, 0.25) is 0 Å². The number of carbonyl (C=O) groups is 2. The molecule has 0 N–H and O–H groups in total. The van der Waals surface area contributed by atoms with Gasteiger partial charge in [-0.15, -0.1) is 0 Å². The van der Waals surface area contributed by atoms with Crippen LogP contribution in [-0.2, 0) is 14.3 Å². The van der Waals surface area contributed by atoms with E-state index in [9.17, 15) is 9.59 Å². The van der Waals surface area contributed by atoms with E-state index in [1.807, 2.05) is 73.4 Å². The van der Waals surface area contributed by atoms with Crippen molar-refractivity contribution in [2.45, 2.75) is 27.2 Å². The molecule has 2 aliphatic heterocycles. The Morgan fingerprint density at radius 3 is 2.59 bits per heavy atom. The van der Waals surface area contributed by atoms with E-state index in [0.717, 1.165) is 67.6 Å². The first kappa shape index (κ1) is 28.9. The fourth-order valence-electron chi connectivity index (χ4n) is 5.14. The summed E-state index contributed by atoms with van der Waals surface area (Å²) >= 11 is 1.42. The van der Waals surface area contributed by atoms with Crippen LogP contribution in [0.3, 0.4) is 0 Å². The molecule has 1 aromatic heterocycles. The minimum atomic E-state index is -0.342. The Hall–Kier alpha value is -3.66. The van der Waals surface area contributed by atoms with Crippen LogP contribution in [0, 0.1) is 13.8 Å². The number of thioether (sulfide) groups is 1. The number of ether oxygens (including phenoxy) is 2. The van der Waals surface area contributed by atoms with Gasteiger partial charge in [0.15, 0.2) is 5.17 Å². The van der Waals surface area contributed by atoms with E-state index in [2.05, 4.69) is 15.5 Å². The summed E-state index contributed by atoms with van der Waals surface area (Å²) in [6.45, 7) is 11.1. The van der Waals surface area contributed by atoms with Gasteiger partial charge in [0, 0.05) is 43.3 Å². The smallest absolute Gasteiger partial charge is 0.338 e. The molecule has 2 fully saturated rings. The van der Waals surface area contributed by atoms with Gasteiger partial charge in [-0.1, -0.05) is 24.3 Å². The maximum Gasteiger partial charge on any atom is 0.338 e. The number of aromatic nitrogens is 1. The van der Waals surface area contributed by atoms with Gasteiger partial charge in [0.2, 0.25) is 0 Å². The highest BCUT2D eigenvalue weighted by atomic mass is 32.2. The van der Waals surface area contributed by atoms with E-state index >= 15 is 0 Å². The van der Waals surface area contributed by atoms with Crippen LogP contribution in [0.5, 0.6) is 0 Å². The summed E-state index contributed by atoms with van der Waals surface area (Å²) in [5, 5.41) is 0.699. The summed E-state index contributed by atoms with van der Waals surface area (Å²) < 4.78 is 12.7. The topological polar surface area (TPSA) is 76.4 Å². The van der Waals surface area contributed by atoms with E-state index < -0.39 is 0 Å². The van der Waals surface area contributed by atoms with Gasteiger partial charge in [0.1, 0.15) is 0 Å². The van der Waals surface area contributed by atoms with E-state index in [4.69, 9.17) is 14.5 Å². The standard InChI is InChI=1S/C32H36N4O4S/c1-4-40-31(38)25-10-8-13-28(21-25)36-23(2)20-26(24(36)3)22-29-30(37)35(15-9-14-34-16-18-39-19-17-34)32(41-29)33-27-11-6-5-7-12-27/h5-8,10-13,20-22H,4,9,14-19H2,1-3H3/b29-22-,33-32?. The molecule has 2 aromatic carbocycles. The van der Waals surface area contributed by atoms with Crippen LogP contribution in [0.25, 0.3) is 11.8 Å². The number of hydrogen-bond acceptors (Lipinski definition) is 7. The van der Waals surface area contributed by atoms with E-state index in [1.165, 1.54) is 11.8 Å². The largest absolute Gasteiger partial charge is 0.462 e. The highest BCUT2D eigenvalue weighted by Crippen LogP contribution is 2.35. The fourth-order valence-corrected chi connectivity index (χ4v) is 6.15. The lowest BCUT2D eigenvalue weighted by Crippen LogP contribution is -2.38. The van der Waals surface area contributed by atoms with Crippen LogP contribution in [0.15, 0.2) is 70.6 Å². The third-order valence-electron chi connectivity index (χ3n) is 7.20. The molecule has 3 aromatic rings. The first-order valence-corrected chi connectivity index (χ1v) is 14.9. The highest BCUT2D eigenvalue weighted by molar-refractivity contribution is 8.18. The minimum absolute atomic E-state index is 0.0271. The summed E-state index contributed by atoms with van der Waals surface area (Å²) in [4.78, 5) is 35.7. The molecule has 2 aliphatic rings. The number of para-hydroxylation sites is 1. The lowest BCUT2D eigenvalue weighted by atomic mass is 10.2. The lowest BCUT2D eigenvalue weighted by Gasteiger charge is -2.27. The summed E-state index contributed by atoms with van der Waals surface area (Å²) in [5.41, 5.74) is 5.14. The zero-order valence-electron chi connectivity index (χ0n) is 23.8. The molecule has 1 amide bonds. The zero-order chi connectivity index (χ0) is 28.8. The monoisotopic (exact) mass is 572 g/mol. The zero-order valence-corrected chi connectivity index (χ0v) is 24.7. The predicted octanol–water partition coefficient (Wildman–Crippen LogP) is 5.60. The molecule has 0 bridgehead atoms. The summed E-state index contributed by atoms with van der Waals surface area (Å²) in [6, 6.07) is 19.2. The van der Waals surface area contributed by atoms with E-state index in [1.54, 1.807) is 13.0 Å². The number of amidine groups is 1. The van der Waals surface area contributed by atoms with Crippen molar-refractivity contribution in [1.82, 2.24) is 14.4 Å². The van der Waals surface area contributed by atoms with Crippen LogP contribution in [0.4, 0.5) is 5.69 Å².